The molecule has 0 saturated carbocycles. The lowest BCUT2D eigenvalue weighted by Crippen LogP contribution is -2.67. The summed E-state index contributed by atoms with van der Waals surface area (Å²) in [6.45, 7) is 18.4. The fourth-order valence-electron chi connectivity index (χ4n) is 10.3. The standard InChI is InChI=1S/2C16H31BN2O/c2*1-13(2)18-11-19(14(3)4)17(20-12-18)15-7-5-8-16(17)10-6-9-15/h2*11,13-16H,5-10,12H2,1-4H3. The van der Waals surface area contributed by atoms with Crippen molar-refractivity contribution in [2.75, 3.05) is 13.5 Å². The Morgan fingerprint density at radius 2 is 0.800 bits per heavy atom. The first-order valence-corrected chi connectivity index (χ1v) is 17.5. The van der Waals surface area contributed by atoms with E-state index in [1.807, 2.05) is 0 Å². The van der Waals surface area contributed by atoms with Crippen molar-refractivity contribution in [3.8, 4) is 0 Å². The fraction of sp³-hybridized carbons (Fsp3) is 0.938. The smallest absolute Gasteiger partial charge is 0.318 e. The summed E-state index contributed by atoms with van der Waals surface area (Å²) in [4.78, 5) is 4.72. The molecule has 6 rings (SSSR count). The van der Waals surface area contributed by atoms with E-state index < -0.39 is 13.0 Å². The van der Waals surface area contributed by atoms with Crippen molar-refractivity contribution in [2.24, 2.45) is 0 Å². The second-order valence-corrected chi connectivity index (χ2v) is 15.6. The Hall–Kier alpha value is -1.01. The van der Waals surface area contributed by atoms with Crippen molar-refractivity contribution in [3.05, 3.63) is 0 Å². The normalized spacial score (nSPS) is 37.7. The quantitative estimate of drug-likeness (QED) is 0.339. The van der Waals surface area contributed by atoms with Crippen LogP contribution in [0, 0.1) is 0 Å². The maximum atomic E-state index is 6.70. The van der Waals surface area contributed by atoms with Gasteiger partial charge in [-0.15, -0.1) is 0 Å². The molecule has 6 heterocycles. The first-order valence-electron chi connectivity index (χ1n) is 17.5. The molecule has 0 N–H and O–H groups in total. The van der Waals surface area contributed by atoms with Crippen LogP contribution < -0.4 is 0 Å². The van der Waals surface area contributed by atoms with E-state index in [9.17, 15) is 0 Å². The van der Waals surface area contributed by atoms with E-state index in [2.05, 4.69) is 86.8 Å². The van der Waals surface area contributed by atoms with Gasteiger partial charge in [0, 0.05) is 12.1 Å². The van der Waals surface area contributed by atoms with Crippen LogP contribution in [-0.2, 0) is 9.31 Å². The fourth-order valence-corrected chi connectivity index (χ4v) is 10.3. The molecule has 4 fully saturated rings. The van der Waals surface area contributed by atoms with Crippen molar-refractivity contribution in [3.63, 3.8) is 0 Å². The number of nitrogens with zero attached hydrogens (tertiary/aromatic N) is 4. The molecule has 40 heavy (non-hydrogen) atoms. The molecule has 8 heteroatoms. The largest absolute Gasteiger partial charge is 0.520 e. The summed E-state index contributed by atoms with van der Waals surface area (Å²) in [5.74, 6) is 3.21. The molecule has 0 amide bonds. The molecule has 0 aromatic carbocycles. The second-order valence-electron chi connectivity index (χ2n) is 15.6. The van der Waals surface area contributed by atoms with Crippen LogP contribution in [0.25, 0.3) is 0 Å². The van der Waals surface area contributed by atoms with Crippen molar-refractivity contribution < 1.29 is 18.3 Å². The summed E-state index contributed by atoms with van der Waals surface area (Å²) >= 11 is 0. The Morgan fingerprint density at radius 1 is 0.525 bits per heavy atom. The van der Waals surface area contributed by atoms with Gasteiger partial charge in [-0.25, -0.2) is 9.80 Å². The first-order chi connectivity index (χ1) is 19.1. The summed E-state index contributed by atoms with van der Waals surface area (Å²) in [5, 5.41) is 0. The van der Waals surface area contributed by atoms with E-state index in [1.54, 1.807) is 0 Å². The highest BCUT2D eigenvalue weighted by atomic mass is 16.5. The van der Waals surface area contributed by atoms with Crippen LogP contribution >= 0.6 is 0 Å². The van der Waals surface area contributed by atoms with E-state index in [-0.39, 0.29) is 0 Å². The molecular weight excluding hydrogens is 494 g/mol. The predicted octanol–water partition coefficient (Wildman–Crippen LogP) is 7.37. The molecule has 228 valence electrons. The van der Waals surface area contributed by atoms with Crippen LogP contribution in [0.3, 0.4) is 0 Å². The third-order valence-electron chi connectivity index (χ3n) is 12.3. The zero-order chi connectivity index (χ0) is 28.7. The summed E-state index contributed by atoms with van der Waals surface area (Å²) < 4.78 is 18.7. The minimum absolute atomic E-state index is 0.521. The average molecular weight is 556 g/mol. The molecule has 0 aromatic heterocycles. The van der Waals surface area contributed by atoms with Crippen LogP contribution in [0.15, 0.2) is 0 Å². The lowest BCUT2D eigenvalue weighted by Gasteiger charge is -2.60. The monoisotopic (exact) mass is 557 g/mol. The molecule has 0 atom stereocenters. The Kier molecular flexibility index (Phi) is 9.37. The molecule has 4 saturated heterocycles. The van der Waals surface area contributed by atoms with Crippen LogP contribution in [0.1, 0.15) is 132 Å². The van der Waals surface area contributed by atoms with E-state index in [1.165, 1.54) is 77.0 Å². The highest BCUT2D eigenvalue weighted by molar-refractivity contribution is 6.70. The maximum absolute atomic E-state index is 6.70. The van der Waals surface area contributed by atoms with E-state index in [0.717, 1.165) is 36.7 Å². The molecule has 0 aromatic rings. The van der Waals surface area contributed by atoms with Gasteiger partial charge in [0.2, 0.25) is 0 Å². The van der Waals surface area contributed by atoms with Crippen molar-refractivity contribution >= 4 is 25.6 Å². The van der Waals surface area contributed by atoms with Crippen molar-refractivity contribution in [2.45, 2.75) is 180 Å². The molecule has 0 unspecified atom stereocenters. The second kappa shape index (κ2) is 12.3. The SMILES string of the molecule is CC(C)N1C=[N+](C(C)C)[B-]2(OC1)C1CCCC2CCC1.CC(C)N1C=[N+](C(C)C)[B-]2(OC1)C1CCCC2CCC1. The predicted molar refractivity (Wildman–Crippen MR) is 171 cm³/mol. The van der Waals surface area contributed by atoms with Gasteiger partial charge in [-0.1, -0.05) is 100 Å². The first kappa shape index (κ1) is 30.4. The molecule has 4 bridgehead atoms. The van der Waals surface area contributed by atoms with Crippen LogP contribution in [0.2, 0.25) is 23.3 Å². The van der Waals surface area contributed by atoms with Crippen LogP contribution in [-0.4, -0.2) is 82.0 Å². The highest BCUT2D eigenvalue weighted by Crippen LogP contribution is 2.55. The molecule has 6 aliphatic heterocycles. The topological polar surface area (TPSA) is 31.0 Å². The zero-order valence-corrected chi connectivity index (χ0v) is 27.4. The Labute approximate surface area is 246 Å². The molecule has 0 radical (unpaired) electrons. The summed E-state index contributed by atoms with van der Waals surface area (Å²) in [5.41, 5.74) is 0. The lowest BCUT2D eigenvalue weighted by atomic mass is 9.27. The van der Waals surface area contributed by atoms with Crippen LogP contribution in [0.5, 0.6) is 0 Å². The number of hydrogen-bond acceptors (Lipinski definition) is 4. The minimum atomic E-state index is -0.786. The number of rotatable bonds is 4. The zero-order valence-electron chi connectivity index (χ0n) is 27.4. The highest BCUT2D eigenvalue weighted by Gasteiger charge is 2.56. The molecule has 6 nitrogen and oxygen atoms in total. The van der Waals surface area contributed by atoms with Gasteiger partial charge in [-0.3, -0.25) is 0 Å². The van der Waals surface area contributed by atoms with Gasteiger partial charge < -0.3 is 18.3 Å². The van der Waals surface area contributed by atoms with Crippen molar-refractivity contribution in [1.82, 2.24) is 9.80 Å². The van der Waals surface area contributed by atoms with E-state index >= 15 is 0 Å². The van der Waals surface area contributed by atoms with Gasteiger partial charge in [0.15, 0.2) is 12.7 Å². The molecular formula is C32H62B2N4O2. The molecule has 6 aliphatic rings. The van der Waals surface area contributed by atoms with E-state index in [0.29, 0.717) is 24.2 Å². The van der Waals surface area contributed by atoms with Crippen LogP contribution in [0.4, 0.5) is 0 Å². The third-order valence-corrected chi connectivity index (χ3v) is 12.3. The van der Waals surface area contributed by atoms with Gasteiger partial charge in [0.25, 0.3) is 0 Å². The third kappa shape index (κ3) is 5.31. The summed E-state index contributed by atoms with van der Waals surface area (Å²) in [7, 11) is 0. The molecule has 2 spiro atoms. The van der Waals surface area contributed by atoms with E-state index in [4.69, 9.17) is 9.31 Å². The van der Waals surface area contributed by atoms with Gasteiger partial charge >= 0.3 is 13.0 Å². The summed E-state index contributed by atoms with van der Waals surface area (Å²) in [6, 6.07) is 2.12. The number of hydrogen-bond donors (Lipinski definition) is 0. The minimum Gasteiger partial charge on any atom is -0.520 e. The van der Waals surface area contributed by atoms with Gasteiger partial charge in [-0.05, 0) is 55.4 Å². The maximum Gasteiger partial charge on any atom is 0.318 e. The lowest BCUT2D eigenvalue weighted by molar-refractivity contribution is -0.471. The van der Waals surface area contributed by atoms with Gasteiger partial charge in [-0.2, -0.15) is 0 Å². The Bertz CT molecular complexity index is 818. The van der Waals surface area contributed by atoms with Gasteiger partial charge in [0.05, 0.1) is 12.1 Å². The Balaban J connectivity index is 0.000000161. The summed E-state index contributed by atoms with van der Waals surface area (Å²) in [6.07, 6.45) is 21.6. The molecule has 0 aliphatic carbocycles. The van der Waals surface area contributed by atoms with Crippen molar-refractivity contribution in [1.29, 1.82) is 0 Å². The average Bonchev–Trinajstić information content (AvgIpc) is 2.88. The van der Waals surface area contributed by atoms with Gasteiger partial charge in [0.1, 0.15) is 13.5 Å². The Morgan fingerprint density at radius 3 is 1.02 bits per heavy atom.